The molecule has 0 saturated heterocycles. The van der Waals surface area contributed by atoms with Crippen LogP contribution in [0.5, 0.6) is 0 Å². The van der Waals surface area contributed by atoms with Crippen LogP contribution in [0.3, 0.4) is 0 Å². The third-order valence-electron chi connectivity index (χ3n) is 3.63. The van der Waals surface area contributed by atoms with Crippen LogP contribution in [0.15, 0.2) is 28.2 Å². The van der Waals surface area contributed by atoms with Crippen LogP contribution in [-0.2, 0) is 0 Å². The smallest absolute Gasteiger partial charge is 0.228 e. The van der Waals surface area contributed by atoms with Crippen molar-refractivity contribution in [3.8, 4) is 0 Å². The number of benzene rings is 1. The standard InChI is InChI=1S/C18H31N5/c1-12(2)14-10-9-11-15(13(3)4)16(14)20-18(23(7)8)21-17(19)22(5)6/h9-13H,1-8H3,(H2,19,20,21). The molecule has 0 bridgehead atoms. The number of para-hydroxylation sites is 1. The quantitative estimate of drug-likeness (QED) is 0.687. The van der Waals surface area contributed by atoms with Gasteiger partial charge in [0.1, 0.15) is 0 Å². The molecule has 0 spiro atoms. The Morgan fingerprint density at radius 3 is 1.74 bits per heavy atom. The van der Waals surface area contributed by atoms with Crippen molar-refractivity contribution in [2.24, 2.45) is 15.7 Å². The molecule has 0 aromatic heterocycles. The van der Waals surface area contributed by atoms with E-state index >= 15 is 0 Å². The number of hydrogen-bond donors (Lipinski definition) is 1. The molecule has 128 valence electrons. The van der Waals surface area contributed by atoms with Crippen molar-refractivity contribution >= 4 is 17.6 Å². The molecule has 1 aromatic rings. The van der Waals surface area contributed by atoms with Crippen molar-refractivity contribution in [3.63, 3.8) is 0 Å². The number of nitrogens with zero attached hydrogens (tertiary/aromatic N) is 4. The highest BCUT2D eigenvalue weighted by atomic mass is 15.3. The summed E-state index contributed by atoms with van der Waals surface area (Å²) >= 11 is 0. The largest absolute Gasteiger partial charge is 0.369 e. The summed E-state index contributed by atoms with van der Waals surface area (Å²) in [5, 5.41) is 0. The number of nitrogens with two attached hydrogens (primary N) is 1. The molecule has 0 fully saturated rings. The predicted octanol–water partition coefficient (Wildman–Crippen LogP) is 3.36. The van der Waals surface area contributed by atoms with E-state index in [1.807, 2.05) is 33.1 Å². The van der Waals surface area contributed by atoms with E-state index < -0.39 is 0 Å². The zero-order valence-corrected chi connectivity index (χ0v) is 15.8. The molecule has 1 rings (SSSR count). The van der Waals surface area contributed by atoms with E-state index in [1.165, 1.54) is 11.1 Å². The molecule has 5 nitrogen and oxygen atoms in total. The van der Waals surface area contributed by atoms with Gasteiger partial charge in [0.05, 0.1) is 5.69 Å². The predicted molar refractivity (Wildman–Crippen MR) is 101 cm³/mol. The third kappa shape index (κ3) is 4.98. The molecule has 2 N–H and O–H groups in total. The van der Waals surface area contributed by atoms with Gasteiger partial charge in [-0.3, -0.25) is 0 Å². The van der Waals surface area contributed by atoms with Gasteiger partial charge in [-0.05, 0) is 23.0 Å². The third-order valence-corrected chi connectivity index (χ3v) is 3.63. The van der Waals surface area contributed by atoms with E-state index in [0.717, 1.165) is 5.69 Å². The number of aliphatic imine (C=N–C) groups is 2. The molecule has 0 saturated carbocycles. The van der Waals surface area contributed by atoms with Crippen LogP contribution in [-0.4, -0.2) is 49.9 Å². The van der Waals surface area contributed by atoms with Gasteiger partial charge in [-0.2, -0.15) is 4.99 Å². The van der Waals surface area contributed by atoms with Gasteiger partial charge in [0.25, 0.3) is 0 Å². The fourth-order valence-corrected chi connectivity index (χ4v) is 2.17. The van der Waals surface area contributed by atoms with Crippen molar-refractivity contribution in [3.05, 3.63) is 29.3 Å². The lowest BCUT2D eigenvalue weighted by atomic mass is 9.93. The highest BCUT2D eigenvalue weighted by Gasteiger charge is 2.15. The monoisotopic (exact) mass is 317 g/mol. The van der Waals surface area contributed by atoms with E-state index in [-0.39, 0.29) is 0 Å². The second-order valence-corrected chi connectivity index (χ2v) is 6.77. The first kappa shape index (κ1) is 19.0. The zero-order valence-electron chi connectivity index (χ0n) is 15.8. The minimum Gasteiger partial charge on any atom is -0.369 e. The first-order valence-corrected chi connectivity index (χ1v) is 8.05. The Morgan fingerprint density at radius 2 is 1.39 bits per heavy atom. The van der Waals surface area contributed by atoms with Crippen molar-refractivity contribution in [2.45, 2.75) is 39.5 Å². The van der Waals surface area contributed by atoms with Gasteiger partial charge in [-0.1, -0.05) is 45.9 Å². The fraction of sp³-hybridized carbons (Fsp3) is 0.556. The van der Waals surface area contributed by atoms with Gasteiger partial charge in [0.15, 0.2) is 5.96 Å². The second kappa shape index (κ2) is 7.99. The Morgan fingerprint density at radius 1 is 0.913 bits per heavy atom. The van der Waals surface area contributed by atoms with Crippen LogP contribution in [0, 0.1) is 0 Å². The topological polar surface area (TPSA) is 57.2 Å². The molecule has 23 heavy (non-hydrogen) atoms. The first-order valence-electron chi connectivity index (χ1n) is 8.05. The van der Waals surface area contributed by atoms with Crippen molar-refractivity contribution in [2.75, 3.05) is 28.2 Å². The maximum atomic E-state index is 5.97. The van der Waals surface area contributed by atoms with Crippen LogP contribution < -0.4 is 5.73 Å². The lowest BCUT2D eigenvalue weighted by molar-refractivity contribution is 0.595. The molecular formula is C18H31N5. The van der Waals surface area contributed by atoms with Gasteiger partial charge in [0.2, 0.25) is 5.96 Å². The zero-order chi connectivity index (χ0) is 17.7. The Labute approximate surface area is 140 Å². The summed E-state index contributed by atoms with van der Waals surface area (Å²) in [7, 11) is 7.60. The van der Waals surface area contributed by atoms with Gasteiger partial charge in [-0.15, -0.1) is 0 Å². The van der Waals surface area contributed by atoms with E-state index in [1.54, 1.807) is 4.90 Å². The van der Waals surface area contributed by atoms with Gasteiger partial charge in [-0.25, -0.2) is 4.99 Å². The van der Waals surface area contributed by atoms with Crippen LogP contribution in [0.4, 0.5) is 5.69 Å². The molecule has 0 heterocycles. The number of hydrogen-bond acceptors (Lipinski definition) is 1. The van der Waals surface area contributed by atoms with Crippen LogP contribution in [0.2, 0.25) is 0 Å². The van der Waals surface area contributed by atoms with Crippen molar-refractivity contribution in [1.29, 1.82) is 0 Å². The maximum absolute atomic E-state index is 5.97. The molecule has 0 aliphatic rings. The summed E-state index contributed by atoms with van der Waals surface area (Å²) in [5.41, 5.74) is 9.45. The Hall–Kier alpha value is -2.04. The Bertz CT molecular complexity index is 557. The molecule has 0 aliphatic carbocycles. The minimum atomic E-state index is 0.394. The van der Waals surface area contributed by atoms with E-state index in [4.69, 9.17) is 10.7 Å². The average Bonchev–Trinajstić information content (AvgIpc) is 2.45. The average molecular weight is 317 g/mol. The van der Waals surface area contributed by atoms with Gasteiger partial charge in [0, 0.05) is 28.2 Å². The van der Waals surface area contributed by atoms with E-state index in [2.05, 4.69) is 50.9 Å². The minimum absolute atomic E-state index is 0.394. The van der Waals surface area contributed by atoms with Crippen LogP contribution in [0.25, 0.3) is 0 Å². The van der Waals surface area contributed by atoms with Gasteiger partial charge >= 0.3 is 0 Å². The molecule has 0 aliphatic heterocycles. The lowest BCUT2D eigenvalue weighted by Gasteiger charge is -2.19. The first-order chi connectivity index (χ1) is 10.6. The van der Waals surface area contributed by atoms with Crippen LogP contribution >= 0.6 is 0 Å². The number of guanidine groups is 2. The molecule has 0 unspecified atom stereocenters. The molecule has 0 amide bonds. The summed E-state index contributed by atoms with van der Waals surface area (Å²) < 4.78 is 0. The highest BCUT2D eigenvalue weighted by molar-refractivity contribution is 5.95. The van der Waals surface area contributed by atoms with E-state index in [9.17, 15) is 0 Å². The molecular weight excluding hydrogens is 286 g/mol. The summed E-state index contributed by atoms with van der Waals surface area (Å²) in [6.45, 7) is 8.74. The highest BCUT2D eigenvalue weighted by Crippen LogP contribution is 2.34. The van der Waals surface area contributed by atoms with E-state index in [0.29, 0.717) is 23.8 Å². The number of rotatable bonds is 3. The van der Waals surface area contributed by atoms with Gasteiger partial charge < -0.3 is 15.5 Å². The summed E-state index contributed by atoms with van der Waals surface area (Å²) in [6.07, 6.45) is 0. The molecule has 5 heteroatoms. The fourth-order valence-electron chi connectivity index (χ4n) is 2.17. The summed E-state index contributed by atoms with van der Waals surface area (Å²) in [6, 6.07) is 6.39. The maximum Gasteiger partial charge on any atom is 0.228 e. The molecule has 0 radical (unpaired) electrons. The molecule has 1 aromatic carbocycles. The van der Waals surface area contributed by atoms with Crippen molar-refractivity contribution in [1.82, 2.24) is 9.80 Å². The second-order valence-electron chi connectivity index (χ2n) is 6.77. The normalized spacial score (nSPS) is 13.0. The summed E-state index contributed by atoms with van der Waals surface area (Å²) in [4.78, 5) is 13.0. The lowest BCUT2D eigenvalue weighted by Crippen LogP contribution is -2.33. The summed E-state index contributed by atoms with van der Waals surface area (Å²) in [5.74, 6) is 1.83. The Balaban J connectivity index is 3.55. The van der Waals surface area contributed by atoms with Crippen molar-refractivity contribution < 1.29 is 0 Å². The molecule has 0 atom stereocenters. The Kier molecular flexibility index (Phi) is 6.61. The van der Waals surface area contributed by atoms with Crippen LogP contribution in [0.1, 0.15) is 50.7 Å². The SMILES string of the molecule is CC(C)c1cccc(C(C)C)c1N=C(N=C(N)N(C)C)N(C)C.